The van der Waals surface area contributed by atoms with Gasteiger partial charge >= 0.3 is 0 Å². The Bertz CT molecular complexity index is 431. The van der Waals surface area contributed by atoms with Crippen molar-refractivity contribution in [3.8, 4) is 0 Å². The molecule has 21 heavy (non-hydrogen) atoms. The number of likely N-dealkylation sites (tertiary alicyclic amines) is 1. The van der Waals surface area contributed by atoms with E-state index in [4.69, 9.17) is 4.74 Å². The van der Waals surface area contributed by atoms with Gasteiger partial charge < -0.3 is 9.64 Å². The van der Waals surface area contributed by atoms with Crippen LogP contribution in [0.2, 0.25) is 0 Å². The van der Waals surface area contributed by atoms with Gasteiger partial charge in [-0.2, -0.15) is 17.0 Å². The average Bonchev–Trinajstić information content (AvgIpc) is 2.98. The summed E-state index contributed by atoms with van der Waals surface area (Å²) < 4.78 is 34.3. The average molecular weight is 317 g/mol. The lowest BCUT2D eigenvalue weighted by molar-refractivity contribution is 0.0693. The first-order valence-corrected chi connectivity index (χ1v) is 9.64. The molecule has 0 bridgehead atoms. The zero-order valence-corrected chi connectivity index (χ0v) is 13.6. The first-order valence-electron chi connectivity index (χ1n) is 8.25. The minimum atomic E-state index is -3.30. The van der Waals surface area contributed by atoms with E-state index in [-0.39, 0.29) is 6.04 Å². The second-order valence-corrected chi connectivity index (χ2v) is 8.17. The first-order chi connectivity index (χ1) is 10.2. The van der Waals surface area contributed by atoms with Crippen molar-refractivity contribution >= 4 is 10.2 Å². The summed E-state index contributed by atoms with van der Waals surface area (Å²) in [6.07, 6.45) is 5.81. The molecule has 122 valence electrons. The highest BCUT2D eigenvalue weighted by Crippen LogP contribution is 2.25. The van der Waals surface area contributed by atoms with Crippen LogP contribution in [-0.4, -0.2) is 80.5 Å². The molecule has 3 aliphatic rings. The quantitative estimate of drug-likeness (QED) is 0.758. The highest BCUT2D eigenvalue weighted by molar-refractivity contribution is 7.86. The summed E-state index contributed by atoms with van der Waals surface area (Å²) in [5.74, 6) is 0. The molecule has 0 amide bonds. The minimum Gasteiger partial charge on any atom is -0.379 e. The highest BCUT2D eigenvalue weighted by atomic mass is 32.2. The van der Waals surface area contributed by atoms with Gasteiger partial charge in [-0.25, -0.2) is 0 Å². The van der Waals surface area contributed by atoms with E-state index >= 15 is 0 Å². The maximum Gasteiger partial charge on any atom is 0.282 e. The molecule has 6 nitrogen and oxygen atoms in total. The highest BCUT2D eigenvalue weighted by Gasteiger charge is 2.39. The summed E-state index contributed by atoms with van der Waals surface area (Å²) in [5.41, 5.74) is 0. The molecule has 3 heterocycles. The van der Waals surface area contributed by atoms with Crippen LogP contribution in [0.25, 0.3) is 0 Å². The SMILES string of the molecule is O=S(=O)(N1CCOCC1)N1CCC[C@@H]1CN1CCCCC1. The molecule has 0 radical (unpaired) electrons. The first kappa shape index (κ1) is 15.7. The molecule has 0 aromatic heterocycles. The van der Waals surface area contributed by atoms with Gasteiger partial charge in [0.15, 0.2) is 0 Å². The van der Waals surface area contributed by atoms with Gasteiger partial charge in [0.05, 0.1) is 13.2 Å². The normalized spacial score (nSPS) is 30.8. The van der Waals surface area contributed by atoms with Crippen LogP contribution in [0.1, 0.15) is 32.1 Å². The number of hydrogen-bond acceptors (Lipinski definition) is 4. The van der Waals surface area contributed by atoms with Crippen molar-refractivity contribution < 1.29 is 13.2 Å². The molecule has 0 aromatic rings. The van der Waals surface area contributed by atoms with E-state index in [2.05, 4.69) is 4.90 Å². The van der Waals surface area contributed by atoms with Crippen LogP contribution in [-0.2, 0) is 14.9 Å². The van der Waals surface area contributed by atoms with Crippen molar-refractivity contribution in [3.05, 3.63) is 0 Å². The molecule has 0 N–H and O–H groups in total. The fourth-order valence-corrected chi connectivity index (χ4v) is 5.48. The molecule has 3 rings (SSSR count). The smallest absolute Gasteiger partial charge is 0.282 e. The molecular weight excluding hydrogens is 290 g/mol. The van der Waals surface area contributed by atoms with Gasteiger partial charge in [0.2, 0.25) is 0 Å². The second-order valence-electron chi connectivity index (χ2n) is 6.29. The Labute approximate surface area is 128 Å². The third-order valence-corrected chi connectivity index (χ3v) is 6.92. The molecule has 0 unspecified atom stereocenters. The molecule has 7 heteroatoms. The third-order valence-electron chi connectivity index (χ3n) is 4.83. The Morgan fingerprint density at radius 1 is 0.905 bits per heavy atom. The topological polar surface area (TPSA) is 53.1 Å². The maximum absolute atomic E-state index is 12.8. The van der Waals surface area contributed by atoms with Crippen molar-refractivity contribution in [3.63, 3.8) is 0 Å². The van der Waals surface area contributed by atoms with E-state index in [1.807, 2.05) is 0 Å². The summed E-state index contributed by atoms with van der Waals surface area (Å²) in [6.45, 7) is 5.86. The van der Waals surface area contributed by atoms with Gasteiger partial charge in [-0.1, -0.05) is 6.42 Å². The molecule has 3 saturated heterocycles. The molecule has 0 aromatic carbocycles. The molecule has 0 aliphatic carbocycles. The van der Waals surface area contributed by atoms with Crippen molar-refractivity contribution in [1.82, 2.24) is 13.5 Å². The predicted molar refractivity (Wildman–Crippen MR) is 81.3 cm³/mol. The van der Waals surface area contributed by atoms with Gasteiger partial charge in [-0.05, 0) is 38.8 Å². The van der Waals surface area contributed by atoms with Gasteiger partial charge in [0.25, 0.3) is 10.2 Å². The lowest BCUT2D eigenvalue weighted by atomic mass is 10.1. The van der Waals surface area contributed by atoms with Crippen LogP contribution in [0.4, 0.5) is 0 Å². The Morgan fingerprint density at radius 3 is 2.33 bits per heavy atom. The zero-order chi connectivity index (χ0) is 14.7. The summed E-state index contributed by atoms with van der Waals surface area (Å²) in [6, 6.07) is 0.163. The molecule has 3 fully saturated rings. The van der Waals surface area contributed by atoms with Crippen LogP contribution >= 0.6 is 0 Å². The van der Waals surface area contributed by atoms with E-state index < -0.39 is 10.2 Å². The number of ether oxygens (including phenoxy) is 1. The van der Waals surface area contributed by atoms with Gasteiger partial charge in [0.1, 0.15) is 0 Å². The third kappa shape index (κ3) is 3.59. The summed E-state index contributed by atoms with van der Waals surface area (Å²) in [4.78, 5) is 2.45. The van der Waals surface area contributed by atoms with E-state index in [9.17, 15) is 8.42 Å². The molecule has 0 spiro atoms. The van der Waals surface area contributed by atoms with Gasteiger partial charge in [0, 0.05) is 32.2 Å². The Balaban J connectivity index is 1.64. The predicted octanol–water partition coefficient (Wildman–Crippen LogP) is 0.514. The van der Waals surface area contributed by atoms with Gasteiger partial charge in [-0.15, -0.1) is 0 Å². The summed E-state index contributed by atoms with van der Waals surface area (Å²) in [5, 5.41) is 0. The van der Waals surface area contributed by atoms with E-state index in [1.54, 1.807) is 8.61 Å². The maximum atomic E-state index is 12.8. The van der Waals surface area contributed by atoms with Crippen LogP contribution in [0.15, 0.2) is 0 Å². The van der Waals surface area contributed by atoms with Crippen molar-refractivity contribution in [2.75, 3.05) is 52.5 Å². The fraction of sp³-hybridized carbons (Fsp3) is 1.00. The lowest BCUT2D eigenvalue weighted by Gasteiger charge is -2.35. The molecule has 3 aliphatic heterocycles. The zero-order valence-electron chi connectivity index (χ0n) is 12.7. The van der Waals surface area contributed by atoms with Crippen LogP contribution in [0.5, 0.6) is 0 Å². The van der Waals surface area contributed by atoms with E-state index in [0.29, 0.717) is 32.8 Å². The number of rotatable bonds is 4. The molecule has 0 saturated carbocycles. The van der Waals surface area contributed by atoms with Crippen molar-refractivity contribution in [2.24, 2.45) is 0 Å². The second kappa shape index (κ2) is 6.91. The molecule has 1 atom stereocenters. The van der Waals surface area contributed by atoms with Crippen molar-refractivity contribution in [2.45, 2.75) is 38.1 Å². The number of hydrogen-bond donors (Lipinski definition) is 0. The van der Waals surface area contributed by atoms with Crippen LogP contribution in [0, 0.1) is 0 Å². The monoisotopic (exact) mass is 317 g/mol. The Hall–Kier alpha value is -0.210. The Kier molecular flexibility index (Phi) is 5.16. The standard InChI is InChI=1S/C14H27N3O3S/c18-21(19,16-9-11-20-12-10-16)17-8-4-5-14(17)13-15-6-2-1-3-7-15/h14H,1-13H2/t14-/m1/s1. The van der Waals surface area contributed by atoms with Gasteiger partial charge in [-0.3, -0.25) is 0 Å². The lowest BCUT2D eigenvalue weighted by Crippen LogP contribution is -2.52. The summed E-state index contributed by atoms with van der Waals surface area (Å²) in [7, 11) is -3.30. The Morgan fingerprint density at radius 2 is 1.62 bits per heavy atom. The molecular formula is C14H27N3O3S. The number of piperidine rings is 1. The fourth-order valence-electron chi connectivity index (χ4n) is 3.66. The minimum absolute atomic E-state index is 0.163. The van der Waals surface area contributed by atoms with Crippen LogP contribution in [0.3, 0.4) is 0 Å². The summed E-state index contributed by atoms with van der Waals surface area (Å²) >= 11 is 0. The van der Waals surface area contributed by atoms with Crippen LogP contribution < -0.4 is 0 Å². The van der Waals surface area contributed by atoms with Crippen molar-refractivity contribution in [1.29, 1.82) is 0 Å². The van der Waals surface area contributed by atoms with E-state index in [1.165, 1.54) is 19.3 Å². The largest absolute Gasteiger partial charge is 0.379 e. The van der Waals surface area contributed by atoms with E-state index in [0.717, 1.165) is 32.5 Å². The number of morpholine rings is 1. The number of nitrogens with zero attached hydrogens (tertiary/aromatic N) is 3.